The van der Waals surface area contributed by atoms with Crippen LogP contribution in [0.2, 0.25) is 0 Å². The molecule has 1 heterocycles. The molecule has 0 radical (unpaired) electrons. The van der Waals surface area contributed by atoms with Gasteiger partial charge in [-0.25, -0.2) is 4.98 Å². The molecule has 0 amide bonds. The molecule has 0 bridgehead atoms. The summed E-state index contributed by atoms with van der Waals surface area (Å²) in [4.78, 5) is 4.30. The Hall–Kier alpha value is -1.29. The van der Waals surface area contributed by atoms with E-state index in [1.54, 1.807) is 0 Å². The fourth-order valence-corrected chi connectivity index (χ4v) is 1.92. The third kappa shape index (κ3) is 2.44. The second-order valence-corrected chi connectivity index (χ2v) is 4.40. The van der Waals surface area contributed by atoms with Gasteiger partial charge in [-0.3, -0.25) is 0 Å². The number of benzene rings is 1. The molecule has 0 aliphatic rings. The van der Waals surface area contributed by atoms with Gasteiger partial charge in [0, 0.05) is 23.4 Å². The van der Waals surface area contributed by atoms with Crippen molar-refractivity contribution in [2.24, 2.45) is 0 Å². The van der Waals surface area contributed by atoms with Gasteiger partial charge in [-0.05, 0) is 34.5 Å². The van der Waals surface area contributed by atoms with Crippen LogP contribution in [0.4, 0.5) is 11.6 Å². The molecule has 16 heavy (non-hydrogen) atoms. The molecule has 3 nitrogen and oxygen atoms in total. The molecule has 84 valence electrons. The predicted molar refractivity (Wildman–Crippen MR) is 69.9 cm³/mol. The van der Waals surface area contributed by atoms with E-state index in [0.717, 1.165) is 29.1 Å². The lowest BCUT2D eigenvalue weighted by Crippen LogP contribution is -2.02. The number of aromatic nitrogens is 2. The van der Waals surface area contributed by atoms with Crippen LogP contribution in [-0.2, 0) is 6.54 Å². The minimum absolute atomic E-state index is 0.883. The molecule has 2 rings (SSSR count). The van der Waals surface area contributed by atoms with Crippen LogP contribution >= 0.6 is 15.9 Å². The first kappa shape index (κ1) is 11.2. The second kappa shape index (κ2) is 5.16. The summed E-state index contributed by atoms with van der Waals surface area (Å²) in [6.45, 7) is 3.13. The molecule has 1 N–H and O–H groups in total. The van der Waals surface area contributed by atoms with Crippen LogP contribution < -0.4 is 5.32 Å². The van der Waals surface area contributed by atoms with Crippen molar-refractivity contribution in [2.45, 2.75) is 19.9 Å². The van der Waals surface area contributed by atoms with Gasteiger partial charge in [0.2, 0.25) is 5.95 Å². The third-order valence-electron chi connectivity index (χ3n) is 2.30. The van der Waals surface area contributed by atoms with Crippen LogP contribution in [0.1, 0.15) is 13.3 Å². The normalized spacial score (nSPS) is 10.4. The molecule has 0 aliphatic carbocycles. The van der Waals surface area contributed by atoms with Crippen LogP contribution in [-0.4, -0.2) is 9.55 Å². The molecule has 0 fully saturated rings. The van der Waals surface area contributed by atoms with Crippen molar-refractivity contribution < 1.29 is 0 Å². The number of nitrogens with one attached hydrogen (secondary N) is 1. The number of para-hydroxylation sites is 1. The third-order valence-corrected chi connectivity index (χ3v) is 2.99. The van der Waals surface area contributed by atoms with Gasteiger partial charge in [0.25, 0.3) is 0 Å². The summed E-state index contributed by atoms with van der Waals surface area (Å²) in [5, 5.41) is 3.31. The van der Waals surface area contributed by atoms with Crippen LogP contribution in [0.15, 0.2) is 41.1 Å². The molecule has 0 unspecified atom stereocenters. The van der Waals surface area contributed by atoms with E-state index >= 15 is 0 Å². The summed E-state index contributed by atoms with van der Waals surface area (Å²) in [5.74, 6) is 0.883. The van der Waals surface area contributed by atoms with E-state index in [2.05, 4.69) is 37.7 Å². The van der Waals surface area contributed by atoms with E-state index in [1.807, 2.05) is 36.7 Å². The number of imidazole rings is 1. The Morgan fingerprint density at radius 3 is 2.94 bits per heavy atom. The van der Waals surface area contributed by atoms with Crippen LogP contribution in [0, 0.1) is 0 Å². The van der Waals surface area contributed by atoms with Crippen molar-refractivity contribution in [3.8, 4) is 0 Å². The molecule has 0 saturated carbocycles. The molecule has 2 aromatic rings. The maximum atomic E-state index is 4.30. The molecular weight excluding hydrogens is 266 g/mol. The first-order valence-corrected chi connectivity index (χ1v) is 6.13. The van der Waals surface area contributed by atoms with Crippen molar-refractivity contribution in [3.63, 3.8) is 0 Å². The fraction of sp³-hybridized carbons (Fsp3) is 0.250. The van der Waals surface area contributed by atoms with Crippen molar-refractivity contribution in [1.82, 2.24) is 9.55 Å². The van der Waals surface area contributed by atoms with Gasteiger partial charge < -0.3 is 9.88 Å². The number of hydrogen-bond acceptors (Lipinski definition) is 2. The van der Waals surface area contributed by atoms with Gasteiger partial charge in [0.1, 0.15) is 0 Å². The fourth-order valence-electron chi connectivity index (χ4n) is 1.54. The predicted octanol–water partition coefficient (Wildman–Crippen LogP) is 3.80. The molecule has 0 aliphatic heterocycles. The highest BCUT2D eigenvalue weighted by molar-refractivity contribution is 9.10. The molecule has 0 saturated heterocycles. The highest BCUT2D eigenvalue weighted by Crippen LogP contribution is 2.24. The van der Waals surface area contributed by atoms with E-state index in [4.69, 9.17) is 0 Å². The van der Waals surface area contributed by atoms with Crippen LogP contribution in [0.3, 0.4) is 0 Å². The lowest BCUT2D eigenvalue weighted by Gasteiger charge is -2.09. The summed E-state index contributed by atoms with van der Waals surface area (Å²) >= 11 is 3.51. The summed E-state index contributed by atoms with van der Waals surface area (Å²) < 4.78 is 3.15. The van der Waals surface area contributed by atoms with Crippen molar-refractivity contribution in [2.75, 3.05) is 5.32 Å². The largest absolute Gasteiger partial charge is 0.325 e. The van der Waals surface area contributed by atoms with Gasteiger partial charge >= 0.3 is 0 Å². The monoisotopic (exact) mass is 279 g/mol. The average Bonchev–Trinajstić information content (AvgIpc) is 2.70. The van der Waals surface area contributed by atoms with Crippen molar-refractivity contribution in [3.05, 3.63) is 41.1 Å². The quantitative estimate of drug-likeness (QED) is 0.923. The van der Waals surface area contributed by atoms with E-state index < -0.39 is 0 Å². The number of aryl methyl sites for hydroxylation is 1. The van der Waals surface area contributed by atoms with Crippen molar-refractivity contribution >= 4 is 27.6 Å². The minimum Gasteiger partial charge on any atom is -0.325 e. The summed E-state index contributed by atoms with van der Waals surface area (Å²) in [7, 11) is 0. The van der Waals surface area contributed by atoms with Gasteiger partial charge in [0.05, 0.1) is 5.69 Å². The maximum Gasteiger partial charge on any atom is 0.207 e. The van der Waals surface area contributed by atoms with E-state index in [-0.39, 0.29) is 0 Å². The van der Waals surface area contributed by atoms with E-state index in [9.17, 15) is 0 Å². The maximum absolute atomic E-state index is 4.30. The minimum atomic E-state index is 0.883. The zero-order valence-corrected chi connectivity index (χ0v) is 10.7. The molecular formula is C12H14BrN3. The molecule has 0 spiro atoms. The summed E-state index contributed by atoms with van der Waals surface area (Å²) in [5.41, 5.74) is 1.03. The van der Waals surface area contributed by atoms with Gasteiger partial charge in [0.15, 0.2) is 0 Å². The highest BCUT2D eigenvalue weighted by Gasteiger charge is 2.04. The summed E-state index contributed by atoms with van der Waals surface area (Å²) in [6.07, 6.45) is 4.90. The number of hydrogen-bond donors (Lipinski definition) is 1. The Morgan fingerprint density at radius 1 is 1.38 bits per heavy atom. The van der Waals surface area contributed by atoms with E-state index in [0.29, 0.717) is 0 Å². The molecule has 1 aromatic heterocycles. The zero-order valence-electron chi connectivity index (χ0n) is 9.15. The Morgan fingerprint density at radius 2 is 2.19 bits per heavy atom. The first-order chi connectivity index (χ1) is 7.81. The SMILES string of the molecule is CCCn1ccnc1Nc1ccccc1Br. The Bertz CT molecular complexity index is 465. The molecule has 4 heteroatoms. The Labute approximate surface area is 104 Å². The average molecular weight is 280 g/mol. The Balaban J connectivity index is 2.20. The van der Waals surface area contributed by atoms with Crippen molar-refractivity contribution in [1.29, 1.82) is 0 Å². The van der Waals surface area contributed by atoms with Gasteiger partial charge in [-0.2, -0.15) is 0 Å². The highest BCUT2D eigenvalue weighted by atomic mass is 79.9. The molecule has 0 atom stereocenters. The van der Waals surface area contributed by atoms with Gasteiger partial charge in [-0.1, -0.05) is 19.1 Å². The van der Waals surface area contributed by atoms with Gasteiger partial charge in [-0.15, -0.1) is 0 Å². The number of halogens is 1. The lowest BCUT2D eigenvalue weighted by atomic mass is 10.3. The zero-order chi connectivity index (χ0) is 11.4. The standard InChI is InChI=1S/C12H14BrN3/c1-2-8-16-9-7-14-12(16)15-11-6-4-3-5-10(11)13/h3-7,9H,2,8H2,1H3,(H,14,15). The lowest BCUT2D eigenvalue weighted by molar-refractivity contribution is 0.686. The van der Waals surface area contributed by atoms with Crippen LogP contribution in [0.25, 0.3) is 0 Å². The van der Waals surface area contributed by atoms with Crippen LogP contribution in [0.5, 0.6) is 0 Å². The second-order valence-electron chi connectivity index (χ2n) is 3.55. The van der Waals surface area contributed by atoms with E-state index in [1.165, 1.54) is 0 Å². The molecule has 1 aromatic carbocycles. The topological polar surface area (TPSA) is 29.9 Å². The number of nitrogens with zero attached hydrogens (tertiary/aromatic N) is 2. The number of rotatable bonds is 4. The summed E-state index contributed by atoms with van der Waals surface area (Å²) in [6, 6.07) is 8.03. The smallest absolute Gasteiger partial charge is 0.207 e. The first-order valence-electron chi connectivity index (χ1n) is 5.34. The Kier molecular flexibility index (Phi) is 3.62. The number of anilines is 2.